The molecule has 1 fully saturated rings. The van der Waals surface area contributed by atoms with E-state index in [9.17, 15) is 9.59 Å². The largest absolute Gasteiger partial charge is 0.350 e. The van der Waals surface area contributed by atoms with Gasteiger partial charge in [-0.2, -0.15) is 0 Å². The Balaban J connectivity index is 2.64. The normalized spacial score (nSPS) is 23.4. The van der Waals surface area contributed by atoms with Crippen molar-refractivity contribution < 1.29 is 9.59 Å². The van der Waals surface area contributed by atoms with E-state index in [2.05, 4.69) is 12.2 Å². The number of hydrogen-bond acceptors (Lipinski definition) is 3. The standard InChI is InChI=1S/C14H26N2O2/c1-5-14(3,4)15-13(18)11(2)16-9-7-6-8-12(16)10-17/h10-12H,5-9H2,1-4H3,(H,15,18). The third-order valence-electron chi connectivity index (χ3n) is 3.97. The zero-order chi connectivity index (χ0) is 13.8. The third-order valence-corrected chi connectivity index (χ3v) is 3.97. The Hall–Kier alpha value is -0.900. The molecule has 1 aliphatic heterocycles. The molecule has 1 N–H and O–H groups in total. The van der Waals surface area contributed by atoms with Gasteiger partial charge >= 0.3 is 0 Å². The Morgan fingerprint density at radius 3 is 2.72 bits per heavy atom. The smallest absolute Gasteiger partial charge is 0.237 e. The van der Waals surface area contributed by atoms with E-state index in [4.69, 9.17) is 0 Å². The SMILES string of the molecule is CCC(C)(C)NC(=O)C(C)N1CCCCC1C=O. The molecule has 104 valence electrons. The Morgan fingerprint density at radius 2 is 2.17 bits per heavy atom. The number of aldehydes is 1. The molecular formula is C14H26N2O2. The molecule has 1 saturated heterocycles. The summed E-state index contributed by atoms with van der Waals surface area (Å²) >= 11 is 0. The number of nitrogens with zero attached hydrogens (tertiary/aromatic N) is 1. The van der Waals surface area contributed by atoms with Gasteiger partial charge in [-0.15, -0.1) is 0 Å². The Labute approximate surface area is 110 Å². The van der Waals surface area contributed by atoms with Crippen molar-refractivity contribution in [3.8, 4) is 0 Å². The molecule has 1 aliphatic rings. The minimum atomic E-state index is -0.230. The van der Waals surface area contributed by atoms with E-state index in [0.717, 1.165) is 38.5 Å². The van der Waals surface area contributed by atoms with Gasteiger partial charge in [-0.1, -0.05) is 13.3 Å². The topological polar surface area (TPSA) is 49.4 Å². The second-order valence-corrected chi connectivity index (χ2v) is 5.84. The van der Waals surface area contributed by atoms with E-state index >= 15 is 0 Å². The van der Waals surface area contributed by atoms with Crippen LogP contribution >= 0.6 is 0 Å². The Bertz CT molecular complexity index is 302. The lowest BCUT2D eigenvalue weighted by molar-refractivity contribution is -0.130. The summed E-state index contributed by atoms with van der Waals surface area (Å²) in [6.07, 6.45) is 4.89. The average molecular weight is 254 g/mol. The second kappa shape index (κ2) is 6.32. The number of rotatable bonds is 5. The van der Waals surface area contributed by atoms with Crippen molar-refractivity contribution in [2.24, 2.45) is 0 Å². The van der Waals surface area contributed by atoms with Gasteiger partial charge in [-0.3, -0.25) is 9.69 Å². The van der Waals surface area contributed by atoms with E-state index in [1.54, 1.807) is 0 Å². The molecule has 0 aliphatic carbocycles. The maximum Gasteiger partial charge on any atom is 0.237 e. The highest BCUT2D eigenvalue weighted by atomic mass is 16.2. The first-order chi connectivity index (χ1) is 8.41. The first-order valence-electron chi connectivity index (χ1n) is 6.94. The summed E-state index contributed by atoms with van der Waals surface area (Å²) in [7, 11) is 0. The van der Waals surface area contributed by atoms with Gasteiger partial charge in [0.1, 0.15) is 6.29 Å². The van der Waals surface area contributed by atoms with E-state index < -0.39 is 0 Å². The molecule has 1 amide bonds. The van der Waals surface area contributed by atoms with E-state index in [0.29, 0.717) is 0 Å². The van der Waals surface area contributed by atoms with Gasteiger partial charge < -0.3 is 10.1 Å². The summed E-state index contributed by atoms with van der Waals surface area (Å²) in [4.78, 5) is 25.3. The lowest BCUT2D eigenvalue weighted by atomic mass is 9.99. The van der Waals surface area contributed by atoms with Crippen molar-refractivity contribution in [2.45, 2.75) is 71.0 Å². The van der Waals surface area contributed by atoms with Crippen molar-refractivity contribution in [1.82, 2.24) is 10.2 Å². The zero-order valence-electron chi connectivity index (χ0n) is 12.0. The number of hydrogen-bond donors (Lipinski definition) is 1. The van der Waals surface area contributed by atoms with Gasteiger partial charge in [0.15, 0.2) is 0 Å². The van der Waals surface area contributed by atoms with Crippen LogP contribution in [0.5, 0.6) is 0 Å². The van der Waals surface area contributed by atoms with E-state index in [1.165, 1.54) is 0 Å². The van der Waals surface area contributed by atoms with Crippen LogP contribution in [0.1, 0.15) is 53.4 Å². The molecule has 18 heavy (non-hydrogen) atoms. The molecule has 0 spiro atoms. The quantitative estimate of drug-likeness (QED) is 0.760. The van der Waals surface area contributed by atoms with Crippen LogP contribution in [-0.2, 0) is 9.59 Å². The van der Waals surface area contributed by atoms with Crippen LogP contribution in [0.2, 0.25) is 0 Å². The molecule has 1 rings (SSSR count). The number of nitrogens with one attached hydrogen (secondary N) is 1. The van der Waals surface area contributed by atoms with Crippen molar-refractivity contribution in [3.63, 3.8) is 0 Å². The van der Waals surface area contributed by atoms with Gasteiger partial charge in [-0.25, -0.2) is 0 Å². The summed E-state index contributed by atoms with van der Waals surface area (Å²) in [5.41, 5.74) is -0.183. The van der Waals surface area contributed by atoms with Crippen LogP contribution in [0, 0.1) is 0 Å². The van der Waals surface area contributed by atoms with Crippen molar-refractivity contribution >= 4 is 12.2 Å². The highest BCUT2D eigenvalue weighted by Gasteiger charge is 2.31. The fourth-order valence-electron chi connectivity index (χ4n) is 2.28. The van der Waals surface area contributed by atoms with Gasteiger partial charge in [-0.05, 0) is 46.6 Å². The fraction of sp³-hybridized carbons (Fsp3) is 0.857. The molecule has 2 unspecified atom stereocenters. The number of likely N-dealkylation sites (tertiary alicyclic amines) is 1. The lowest BCUT2D eigenvalue weighted by Gasteiger charge is -2.37. The predicted octanol–water partition coefficient (Wildman–Crippen LogP) is 1.73. The van der Waals surface area contributed by atoms with Crippen molar-refractivity contribution in [2.75, 3.05) is 6.54 Å². The minimum Gasteiger partial charge on any atom is -0.350 e. The van der Waals surface area contributed by atoms with E-state index in [-0.39, 0.29) is 23.5 Å². The van der Waals surface area contributed by atoms with Crippen molar-refractivity contribution in [1.29, 1.82) is 0 Å². The summed E-state index contributed by atoms with van der Waals surface area (Å²) in [6.45, 7) is 8.82. The molecule has 0 bridgehead atoms. The van der Waals surface area contributed by atoms with Gasteiger partial charge in [0.25, 0.3) is 0 Å². The third kappa shape index (κ3) is 3.80. The molecule has 2 atom stereocenters. The van der Waals surface area contributed by atoms with Crippen LogP contribution in [0.4, 0.5) is 0 Å². The molecule has 4 heteroatoms. The highest BCUT2D eigenvalue weighted by molar-refractivity contribution is 5.82. The molecule has 4 nitrogen and oxygen atoms in total. The molecule has 0 radical (unpaired) electrons. The Morgan fingerprint density at radius 1 is 1.50 bits per heavy atom. The first kappa shape index (κ1) is 15.2. The molecule has 0 aromatic rings. The second-order valence-electron chi connectivity index (χ2n) is 5.84. The summed E-state index contributed by atoms with van der Waals surface area (Å²) in [5, 5.41) is 3.05. The Kier molecular flexibility index (Phi) is 5.32. The highest BCUT2D eigenvalue weighted by Crippen LogP contribution is 2.19. The summed E-state index contributed by atoms with van der Waals surface area (Å²) < 4.78 is 0. The number of carbonyl (C=O) groups excluding carboxylic acids is 2. The summed E-state index contributed by atoms with van der Waals surface area (Å²) in [6, 6.07) is -0.324. The average Bonchev–Trinajstić information content (AvgIpc) is 2.37. The molecule has 1 heterocycles. The van der Waals surface area contributed by atoms with Gasteiger partial charge in [0.2, 0.25) is 5.91 Å². The fourth-order valence-corrected chi connectivity index (χ4v) is 2.28. The molecule has 0 aromatic carbocycles. The zero-order valence-corrected chi connectivity index (χ0v) is 12.0. The maximum absolute atomic E-state index is 12.2. The number of amides is 1. The number of carbonyl (C=O) groups is 2. The van der Waals surface area contributed by atoms with E-state index in [1.807, 2.05) is 25.7 Å². The van der Waals surface area contributed by atoms with Crippen LogP contribution in [-0.4, -0.2) is 41.3 Å². The molecular weight excluding hydrogens is 228 g/mol. The van der Waals surface area contributed by atoms with Gasteiger partial charge in [0, 0.05) is 5.54 Å². The first-order valence-corrected chi connectivity index (χ1v) is 6.94. The van der Waals surface area contributed by atoms with Crippen LogP contribution < -0.4 is 5.32 Å². The predicted molar refractivity (Wildman–Crippen MR) is 72.4 cm³/mol. The van der Waals surface area contributed by atoms with Crippen LogP contribution in [0.3, 0.4) is 0 Å². The number of piperidine rings is 1. The van der Waals surface area contributed by atoms with Crippen LogP contribution in [0.15, 0.2) is 0 Å². The maximum atomic E-state index is 12.2. The minimum absolute atomic E-state index is 0.0237. The summed E-state index contributed by atoms with van der Waals surface area (Å²) in [5.74, 6) is 0.0237. The monoisotopic (exact) mass is 254 g/mol. The van der Waals surface area contributed by atoms with Crippen molar-refractivity contribution in [3.05, 3.63) is 0 Å². The molecule has 0 saturated carbocycles. The van der Waals surface area contributed by atoms with Crippen LogP contribution in [0.25, 0.3) is 0 Å². The lowest BCUT2D eigenvalue weighted by Crippen LogP contribution is -2.55. The molecule has 0 aromatic heterocycles. The van der Waals surface area contributed by atoms with Gasteiger partial charge in [0.05, 0.1) is 12.1 Å².